The van der Waals surface area contributed by atoms with Gasteiger partial charge in [0.25, 0.3) is 11.8 Å². The van der Waals surface area contributed by atoms with Crippen molar-refractivity contribution < 1.29 is 14.3 Å². The number of anilines is 1. The second kappa shape index (κ2) is 9.68. The number of ether oxygens (including phenoxy) is 1. The van der Waals surface area contributed by atoms with E-state index >= 15 is 0 Å². The SMILES string of the molecule is CCc1cccc(CC)c1NC(=O)c1ccnc(C(=O)NCCOC)c1. The number of nitrogens with zero attached hydrogens (tertiary/aromatic N) is 1. The van der Waals surface area contributed by atoms with Crippen molar-refractivity contribution in [2.24, 2.45) is 0 Å². The molecule has 1 aromatic carbocycles. The number of methoxy groups -OCH3 is 1. The minimum absolute atomic E-state index is 0.202. The van der Waals surface area contributed by atoms with E-state index in [4.69, 9.17) is 4.74 Å². The Kier molecular flexibility index (Phi) is 7.29. The number of aromatic nitrogens is 1. The van der Waals surface area contributed by atoms with Gasteiger partial charge in [-0.25, -0.2) is 0 Å². The number of carbonyl (C=O) groups is 2. The molecule has 138 valence electrons. The maximum atomic E-state index is 12.7. The van der Waals surface area contributed by atoms with Crippen molar-refractivity contribution >= 4 is 17.5 Å². The van der Waals surface area contributed by atoms with Crippen molar-refractivity contribution in [3.8, 4) is 0 Å². The Balaban J connectivity index is 2.18. The predicted octanol–water partition coefficient (Wildman–Crippen LogP) is 2.83. The Bertz CT molecular complexity index is 752. The zero-order chi connectivity index (χ0) is 18.9. The number of para-hydroxylation sites is 1. The van der Waals surface area contributed by atoms with Crippen LogP contribution in [-0.2, 0) is 17.6 Å². The van der Waals surface area contributed by atoms with Crippen LogP contribution < -0.4 is 10.6 Å². The number of benzene rings is 1. The second-order valence-electron chi connectivity index (χ2n) is 5.79. The maximum Gasteiger partial charge on any atom is 0.269 e. The molecule has 2 aromatic rings. The van der Waals surface area contributed by atoms with Gasteiger partial charge in [-0.1, -0.05) is 32.0 Å². The fourth-order valence-electron chi connectivity index (χ4n) is 2.64. The first kappa shape index (κ1) is 19.6. The Morgan fingerprint density at radius 2 is 1.77 bits per heavy atom. The largest absolute Gasteiger partial charge is 0.383 e. The summed E-state index contributed by atoms with van der Waals surface area (Å²) in [4.78, 5) is 28.8. The Morgan fingerprint density at radius 1 is 1.08 bits per heavy atom. The number of amides is 2. The van der Waals surface area contributed by atoms with Crippen LogP contribution in [-0.4, -0.2) is 37.1 Å². The van der Waals surface area contributed by atoms with Gasteiger partial charge in [0.05, 0.1) is 6.61 Å². The van der Waals surface area contributed by atoms with Gasteiger partial charge in [0.1, 0.15) is 5.69 Å². The number of rotatable bonds is 8. The number of hydrogen-bond donors (Lipinski definition) is 2. The summed E-state index contributed by atoms with van der Waals surface area (Å²) >= 11 is 0. The number of nitrogens with one attached hydrogen (secondary N) is 2. The molecule has 6 heteroatoms. The van der Waals surface area contributed by atoms with Crippen molar-refractivity contribution in [2.75, 3.05) is 25.6 Å². The van der Waals surface area contributed by atoms with E-state index in [0.29, 0.717) is 18.7 Å². The van der Waals surface area contributed by atoms with Crippen molar-refractivity contribution in [3.63, 3.8) is 0 Å². The quantitative estimate of drug-likeness (QED) is 0.714. The number of hydrogen-bond acceptors (Lipinski definition) is 4. The van der Waals surface area contributed by atoms with Gasteiger partial charge >= 0.3 is 0 Å². The first-order valence-electron chi connectivity index (χ1n) is 8.76. The average Bonchev–Trinajstić information content (AvgIpc) is 2.68. The van der Waals surface area contributed by atoms with Gasteiger partial charge < -0.3 is 15.4 Å². The van der Waals surface area contributed by atoms with E-state index in [1.54, 1.807) is 13.2 Å². The molecule has 0 unspecified atom stereocenters. The molecule has 0 aliphatic heterocycles. The van der Waals surface area contributed by atoms with E-state index in [2.05, 4.69) is 29.5 Å². The standard InChI is InChI=1S/C20H25N3O3/c1-4-14-7-6-8-15(5-2)18(14)23-19(24)16-9-10-21-17(13-16)20(25)22-11-12-26-3/h6-10,13H,4-5,11-12H2,1-3H3,(H,22,25)(H,23,24). The monoisotopic (exact) mass is 355 g/mol. The number of aryl methyl sites for hydroxylation is 2. The molecule has 2 amide bonds. The van der Waals surface area contributed by atoms with Crippen LogP contribution in [0, 0.1) is 0 Å². The lowest BCUT2D eigenvalue weighted by Crippen LogP contribution is -2.28. The lowest BCUT2D eigenvalue weighted by Gasteiger charge is -2.14. The summed E-state index contributed by atoms with van der Waals surface area (Å²) in [6, 6.07) is 9.12. The molecule has 0 saturated heterocycles. The Labute approximate surface area is 154 Å². The second-order valence-corrected chi connectivity index (χ2v) is 5.79. The summed E-state index contributed by atoms with van der Waals surface area (Å²) in [5, 5.41) is 5.69. The molecule has 0 aliphatic carbocycles. The maximum absolute atomic E-state index is 12.7. The summed E-state index contributed by atoms with van der Waals surface area (Å²) in [5.74, 6) is -0.589. The number of pyridine rings is 1. The van der Waals surface area contributed by atoms with Crippen LogP contribution in [0.15, 0.2) is 36.5 Å². The first-order valence-corrected chi connectivity index (χ1v) is 8.76. The molecule has 0 bridgehead atoms. The lowest BCUT2D eigenvalue weighted by molar-refractivity contribution is 0.0932. The van der Waals surface area contributed by atoms with Crippen LogP contribution in [0.25, 0.3) is 0 Å². The van der Waals surface area contributed by atoms with Gasteiger partial charge in [0.15, 0.2) is 0 Å². The van der Waals surface area contributed by atoms with Crippen LogP contribution in [0.4, 0.5) is 5.69 Å². The molecule has 0 saturated carbocycles. The highest BCUT2D eigenvalue weighted by Crippen LogP contribution is 2.23. The number of carbonyl (C=O) groups excluding carboxylic acids is 2. The van der Waals surface area contributed by atoms with Crippen LogP contribution in [0.1, 0.15) is 45.8 Å². The molecule has 1 aromatic heterocycles. The van der Waals surface area contributed by atoms with Crippen molar-refractivity contribution in [3.05, 3.63) is 58.9 Å². The molecule has 26 heavy (non-hydrogen) atoms. The molecular formula is C20H25N3O3. The van der Waals surface area contributed by atoms with Gasteiger partial charge in [-0.3, -0.25) is 14.6 Å². The highest BCUT2D eigenvalue weighted by molar-refractivity contribution is 6.06. The zero-order valence-corrected chi connectivity index (χ0v) is 15.5. The highest BCUT2D eigenvalue weighted by atomic mass is 16.5. The van der Waals surface area contributed by atoms with E-state index in [9.17, 15) is 9.59 Å². The molecule has 6 nitrogen and oxygen atoms in total. The normalized spacial score (nSPS) is 10.4. The molecule has 2 N–H and O–H groups in total. The Morgan fingerprint density at radius 3 is 2.38 bits per heavy atom. The summed E-state index contributed by atoms with van der Waals surface area (Å²) in [6.45, 7) is 4.91. The third-order valence-corrected chi connectivity index (χ3v) is 4.08. The molecule has 1 heterocycles. The Hall–Kier alpha value is -2.73. The molecule has 2 rings (SSSR count). The molecule has 0 fully saturated rings. The van der Waals surface area contributed by atoms with E-state index < -0.39 is 0 Å². The van der Waals surface area contributed by atoms with Crippen LogP contribution >= 0.6 is 0 Å². The van der Waals surface area contributed by atoms with Crippen molar-refractivity contribution in [1.29, 1.82) is 0 Å². The summed E-state index contributed by atoms with van der Waals surface area (Å²) in [6.07, 6.45) is 3.12. The molecule has 0 aliphatic rings. The summed E-state index contributed by atoms with van der Waals surface area (Å²) in [7, 11) is 1.56. The fraction of sp³-hybridized carbons (Fsp3) is 0.350. The van der Waals surface area contributed by atoms with E-state index in [0.717, 1.165) is 29.7 Å². The minimum Gasteiger partial charge on any atom is -0.383 e. The topological polar surface area (TPSA) is 80.3 Å². The minimum atomic E-state index is -0.333. The third kappa shape index (κ3) is 4.89. The molecular weight excluding hydrogens is 330 g/mol. The highest BCUT2D eigenvalue weighted by Gasteiger charge is 2.14. The summed E-state index contributed by atoms with van der Waals surface area (Å²) in [5.41, 5.74) is 3.62. The smallest absolute Gasteiger partial charge is 0.269 e. The zero-order valence-electron chi connectivity index (χ0n) is 15.5. The molecule has 0 atom stereocenters. The van der Waals surface area contributed by atoms with E-state index in [-0.39, 0.29) is 17.5 Å². The van der Waals surface area contributed by atoms with Crippen LogP contribution in [0.2, 0.25) is 0 Å². The average molecular weight is 355 g/mol. The first-order chi connectivity index (χ1) is 12.6. The van der Waals surface area contributed by atoms with E-state index in [1.165, 1.54) is 12.3 Å². The van der Waals surface area contributed by atoms with Crippen molar-refractivity contribution in [2.45, 2.75) is 26.7 Å². The van der Waals surface area contributed by atoms with Gasteiger partial charge in [-0.2, -0.15) is 0 Å². The van der Waals surface area contributed by atoms with Gasteiger partial charge in [0.2, 0.25) is 0 Å². The third-order valence-electron chi connectivity index (χ3n) is 4.08. The van der Waals surface area contributed by atoms with Gasteiger partial charge in [-0.15, -0.1) is 0 Å². The van der Waals surface area contributed by atoms with E-state index in [1.807, 2.05) is 18.2 Å². The molecule has 0 radical (unpaired) electrons. The van der Waals surface area contributed by atoms with Gasteiger partial charge in [-0.05, 0) is 36.1 Å². The summed E-state index contributed by atoms with van der Waals surface area (Å²) < 4.78 is 4.90. The van der Waals surface area contributed by atoms with Gasteiger partial charge in [0, 0.05) is 31.1 Å². The molecule has 0 spiro atoms. The van der Waals surface area contributed by atoms with Crippen LogP contribution in [0.3, 0.4) is 0 Å². The lowest BCUT2D eigenvalue weighted by atomic mass is 10.0. The fourth-order valence-corrected chi connectivity index (χ4v) is 2.64. The van der Waals surface area contributed by atoms with Crippen LogP contribution in [0.5, 0.6) is 0 Å². The van der Waals surface area contributed by atoms with Crippen molar-refractivity contribution in [1.82, 2.24) is 10.3 Å². The predicted molar refractivity (Wildman–Crippen MR) is 102 cm³/mol.